The fourth-order valence-electron chi connectivity index (χ4n) is 4.17. The van der Waals surface area contributed by atoms with Crippen LogP contribution < -0.4 is 15.4 Å². The van der Waals surface area contributed by atoms with Gasteiger partial charge in [-0.25, -0.2) is 4.79 Å². The van der Waals surface area contributed by atoms with Crippen molar-refractivity contribution in [3.8, 4) is 5.75 Å². The molecule has 0 bridgehead atoms. The van der Waals surface area contributed by atoms with Crippen molar-refractivity contribution >= 4 is 22.6 Å². The van der Waals surface area contributed by atoms with Crippen LogP contribution in [-0.2, 0) is 11.2 Å². The topological polar surface area (TPSA) is 90.9 Å². The van der Waals surface area contributed by atoms with E-state index in [1.54, 1.807) is 24.3 Å². The van der Waals surface area contributed by atoms with Gasteiger partial charge in [-0.05, 0) is 47.0 Å². The van der Waals surface area contributed by atoms with E-state index in [0.29, 0.717) is 12.2 Å². The smallest absolute Gasteiger partial charge is 0.326 e. The normalized spacial score (nSPS) is 15.1. The van der Waals surface area contributed by atoms with E-state index in [1.807, 2.05) is 42.5 Å². The van der Waals surface area contributed by atoms with Crippen molar-refractivity contribution in [1.29, 1.82) is 0 Å². The number of amides is 1. The molecule has 1 heterocycles. The van der Waals surface area contributed by atoms with Gasteiger partial charge < -0.3 is 25.4 Å². The van der Waals surface area contributed by atoms with Crippen LogP contribution in [0.3, 0.4) is 0 Å². The molecule has 3 N–H and O–H groups in total. The first kappa shape index (κ1) is 23.7. The summed E-state index contributed by atoms with van der Waals surface area (Å²) in [7, 11) is 0. The maximum Gasteiger partial charge on any atom is 0.326 e. The molecule has 1 fully saturated rings. The van der Waals surface area contributed by atoms with Gasteiger partial charge in [0, 0.05) is 44.7 Å². The third kappa shape index (κ3) is 6.56. The van der Waals surface area contributed by atoms with Crippen molar-refractivity contribution in [2.24, 2.45) is 0 Å². The predicted octanol–water partition coefficient (Wildman–Crippen LogP) is 2.94. The lowest BCUT2D eigenvalue weighted by Gasteiger charge is -2.26. The molecule has 178 valence electrons. The monoisotopic (exact) mass is 461 g/mol. The minimum atomic E-state index is -1.06. The Morgan fingerprint density at radius 3 is 2.50 bits per heavy atom. The number of hydrogen-bond donors (Lipinski definition) is 3. The van der Waals surface area contributed by atoms with Crippen molar-refractivity contribution in [3.63, 3.8) is 0 Å². The first-order valence-electron chi connectivity index (χ1n) is 11.8. The molecular formula is C27H31N3O4. The zero-order chi connectivity index (χ0) is 23.8. The van der Waals surface area contributed by atoms with E-state index in [2.05, 4.69) is 15.5 Å². The highest BCUT2D eigenvalue weighted by molar-refractivity contribution is 5.96. The van der Waals surface area contributed by atoms with Crippen LogP contribution in [0.15, 0.2) is 66.7 Å². The zero-order valence-electron chi connectivity index (χ0n) is 19.2. The van der Waals surface area contributed by atoms with Gasteiger partial charge in [0.05, 0.1) is 6.61 Å². The zero-order valence-corrected chi connectivity index (χ0v) is 19.2. The number of nitrogens with zero attached hydrogens (tertiary/aromatic N) is 1. The summed E-state index contributed by atoms with van der Waals surface area (Å²) in [5, 5.41) is 17.7. The summed E-state index contributed by atoms with van der Waals surface area (Å²) in [6.45, 7) is 6.02. The van der Waals surface area contributed by atoms with Crippen LogP contribution in [0.5, 0.6) is 5.75 Å². The standard InChI is InChI=1S/C27H31N3O4/c31-26(21-5-2-1-3-6-21)29-25(27(32)33)18-20-7-8-23-19-24(10-9-22(23)17-20)34-16-4-13-30-14-11-28-12-15-30/h1-3,5-10,17,19,25,28H,4,11-16,18H2,(H,29,31)(H,32,33). The molecule has 0 radical (unpaired) electrons. The Hall–Kier alpha value is -3.42. The maximum absolute atomic E-state index is 12.4. The molecule has 1 aliphatic rings. The van der Waals surface area contributed by atoms with Crippen LogP contribution >= 0.6 is 0 Å². The first-order chi connectivity index (χ1) is 16.6. The summed E-state index contributed by atoms with van der Waals surface area (Å²) in [4.78, 5) is 26.6. The number of carbonyl (C=O) groups is 2. The molecule has 7 heteroatoms. The van der Waals surface area contributed by atoms with Crippen molar-refractivity contribution in [2.75, 3.05) is 39.3 Å². The van der Waals surface area contributed by atoms with Crippen LogP contribution in [0.25, 0.3) is 10.8 Å². The SMILES string of the molecule is O=C(NC(Cc1ccc2cc(OCCCN3CCNCC3)ccc2c1)C(=O)O)c1ccccc1. The number of nitrogens with one attached hydrogen (secondary N) is 2. The van der Waals surface area contributed by atoms with Gasteiger partial charge in [-0.3, -0.25) is 4.79 Å². The van der Waals surface area contributed by atoms with E-state index in [9.17, 15) is 14.7 Å². The third-order valence-electron chi connectivity index (χ3n) is 6.05. The fraction of sp³-hybridized carbons (Fsp3) is 0.333. The van der Waals surface area contributed by atoms with Crippen LogP contribution in [0.2, 0.25) is 0 Å². The Kier molecular flexibility index (Phi) is 8.12. The number of ether oxygens (including phenoxy) is 1. The summed E-state index contributed by atoms with van der Waals surface area (Å²) < 4.78 is 5.95. The van der Waals surface area contributed by atoms with E-state index >= 15 is 0 Å². The molecule has 0 aromatic heterocycles. The van der Waals surface area contributed by atoms with Crippen molar-refractivity contribution in [1.82, 2.24) is 15.5 Å². The van der Waals surface area contributed by atoms with Crippen LogP contribution in [0.4, 0.5) is 0 Å². The van der Waals surface area contributed by atoms with Crippen molar-refractivity contribution in [2.45, 2.75) is 18.9 Å². The Bertz CT molecular complexity index is 1110. The average Bonchev–Trinajstić information content (AvgIpc) is 2.87. The number of carbonyl (C=O) groups excluding carboxylic acids is 1. The number of aliphatic carboxylic acids is 1. The molecule has 0 spiro atoms. The van der Waals surface area contributed by atoms with E-state index in [4.69, 9.17) is 4.74 Å². The van der Waals surface area contributed by atoms with Crippen molar-refractivity contribution < 1.29 is 19.4 Å². The van der Waals surface area contributed by atoms with Crippen LogP contribution in [0, 0.1) is 0 Å². The Labute approximate surface area is 199 Å². The van der Waals surface area contributed by atoms with Gasteiger partial charge in [-0.1, -0.05) is 42.5 Å². The second kappa shape index (κ2) is 11.6. The number of carboxylic acids is 1. The number of fused-ring (bicyclic) bond motifs is 1. The van der Waals surface area contributed by atoms with Gasteiger partial charge in [0.1, 0.15) is 11.8 Å². The number of piperazine rings is 1. The van der Waals surface area contributed by atoms with E-state index in [0.717, 1.165) is 61.2 Å². The highest BCUT2D eigenvalue weighted by Gasteiger charge is 2.21. The molecule has 1 saturated heterocycles. The molecule has 1 amide bonds. The molecule has 0 saturated carbocycles. The van der Waals surface area contributed by atoms with Gasteiger partial charge in [0.2, 0.25) is 0 Å². The summed E-state index contributed by atoms with van der Waals surface area (Å²) >= 11 is 0. The highest BCUT2D eigenvalue weighted by atomic mass is 16.5. The van der Waals surface area contributed by atoms with Crippen LogP contribution in [0.1, 0.15) is 22.3 Å². The minimum absolute atomic E-state index is 0.202. The lowest BCUT2D eigenvalue weighted by Crippen LogP contribution is -2.43. The van der Waals surface area contributed by atoms with Crippen LogP contribution in [-0.4, -0.2) is 67.3 Å². The summed E-state index contributed by atoms with van der Waals surface area (Å²) in [5.74, 6) is -0.624. The minimum Gasteiger partial charge on any atom is -0.494 e. The number of hydrogen-bond acceptors (Lipinski definition) is 5. The average molecular weight is 462 g/mol. The van der Waals surface area contributed by atoms with Gasteiger partial charge in [0.15, 0.2) is 0 Å². The second-order valence-corrected chi connectivity index (χ2v) is 8.57. The molecular weight excluding hydrogens is 430 g/mol. The Morgan fingerprint density at radius 2 is 1.74 bits per heavy atom. The second-order valence-electron chi connectivity index (χ2n) is 8.57. The number of carboxylic acid groups (broad SMARTS) is 1. The van der Waals surface area contributed by atoms with Crippen molar-refractivity contribution in [3.05, 3.63) is 77.9 Å². The Morgan fingerprint density at radius 1 is 1.00 bits per heavy atom. The molecule has 34 heavy (non-hydrogen) atoms. The molecule has 7 nitrogen and oxygen atoms in total. The van der Waals surface area contributed by atoms with Gasteiger partial charge in [0.25, 0.3) is 5.91 Å². The fourth-order valence-corrected chi connectivity index (χ4v) is 4.17. The lowest BCUT2D eigenvalue weighted by atomic mass is 10.0. The van der Waals surface area contributed by atoms with Gasteiger partial charge >= 0.3 is 5.97 Å². The largest absolute Gasteiger partial charge is 0.494 e. The summed E-state index contributed by atoms with van der Waals surface area (Å²) in [6.07, 6.45) is 1.19. The first-order valence-corrected chi connectivity index (χ1v) is 11.8. The van der Waals surface area contributed by atoms with E-state index in [-0.39, 0.29) is 6.42 Å². The quantitative estimate of drug-likeness (QED) is 0.402. The molecule has 4 rings (SSSR count). The number of benzene rings is 3. The Balaban J connectivity index is 1.33. The van der Waals surface area contributed by atoms with Gasteiger partial charge in [-0.2, -0.15) is 0 Å². The van der Waals surface area contributed by atoms with Gasteiger partial charge in [-0.15, -0.1) is 0 Å². The molecule has 3 aromatic carbocycles. The van der Waals surface area contributed by atoms with E-state index in [1.165, 1.54) is 0 Å². The number of rotatable bonds is 10. The maximum atomic E-state index is 12.4. The third-order valence-corrected chi connectivity index (χ3v) is 6.05. The van der Waals surface area contributed by atoms with E-state index < -0.39 is 17.9 Å². The summed E-state index contributed by atoms with van der Waals surface area (Å²) in [5.41, 5.74) is 1.28. The highest BCUT2D eigenvalue weighted by Crippen LogP contribution is 2.23. The molecule has 0 aliphatic carbocycles. The summed E-state index contributed by atoms with van der Waals surface area (Å²) in [6, 6.07) is 19.4. The molecule has 3 aromatic rings. The molecule has 1 aliphatic heterocycles. The predicted molar refractivity (Wildman–Crippen MR) is 132 cm³/mol. The molecule has 1 atom stereocenters. The lowest BCUT2D eigenvalue weighted by molar-refractivity contribution is -0.139. The molecule has 1 unspecified atom stereocenters.